The summed E-state index contributed by atoms with van der Waals surface area (Å²) in [5, 5.41) is 2.78. The molecule has 0 aromatic heterocycles. The van der Waals surface area contributed by atoms with E-state index in [9.17, 15) is 9.59 Å². The molecule has 0 heterocycles. The van der Waals surface area contributed by atoms with Gasteiger partial charge in [0.1, 0.15) is 5.75 Å². The Morgan fingerprint density at radius 1 is 1.04 bits per heavy atom. The van der Waals surface area contributed by atoms with E-state index in [1.165, 1.54) is 6.92 Å². The molecule has 126 valence electrons. The van der Waals surface area contributed by atoms with Gasteiger partial charge in [0, 0.05) is 26.4 Å². The summed E-state index contributed by atoms with van der Waals surface area (Å²) in [6.07, 6.45) is 0.424. The van der Waals surface area contributed by atoms with Crippen molar-refractivity contribution in [3.63, 3.8) is 0 Å². The average molecular weight is 326 g/mol. The molecule has 2 rings (SSSR count). The number of para-hydroxylation sites is 3. The maximum absolute atomic E-state index is 12.1. The van der Waals surface area contributed by atoms with Gasteiger partial charge in [0.2, 0.25) is 11.8 Å². The first-order chi connectivity index (χ1) is 11.6. The van der Waals surface area contributed by atoms with Crippen LogP contribution in [0.4, 0.5) is 5.69 Å². The summed E-state index contributed by atoms with van der Waals surface area (Å²) < 4.78 is 5.91. The summed E-state index contributed by atoms with van der Waals surface area (Å²) in [6, 6.07) is 16.8. The Morgan fingerprint density at radius 2 is 1.71 bits per heavy atom. The average Bonchev–Trinajstić information content (AvgIpc) is 2.60. The van der Waals surface area contributed by atoms with Crippen molar-refractivity contribution in [2.45, 2.75) is 20.3 Å². The van der Waals surface area contributed by atoms with Crippen LogP contribution in [-0.4, -0.2) is 24.9 Å². The van der Waals surface area contributed by atoms with Gasteiger partial charge in [0.25, 0.3) is 0 Å². The van der Waals surface area contributed by atoms with Crippen molar-refractivity contribution in [1.82, 2.24) is 5.32 Å². The van der Waals surface area contributed by atoms with Gasteiger partial charge < -0.3 is 15.0 Å². The van der Waals surface area contributed by atoms with Gasteiger partial charge in [0.05, 0.1) is 5.69 Å². The first kappa shape index (κ1) is 17.5. The maximum Gasteiger partial charge on any atom is 0.224 e. The SMILES string of the molecule is CCC(=O)NCCN(C(C)=O)c1ccccc1Oc1ccccc1. The van der Waals surface area contributed by atoms with Gasteiger partial charge in [-0.05, 0) is 24.3 Å². The lowest BCUT2D eigenvalue weighted by Crippen LogP contribution is -2.37. The minimum atomic E-state index is -0.107. The number of nitrogens with zero attached hydrogens (tertiary/aromatic N) is 1. The first-order valence-corrected chi connectivity index (χ1v) is 7.98. The van der Waals surface area contributed by atoms with Crippen molar-refractivity contribution in [3.05, 3.63) is 54.6 Å². The Morgan fingerprint density at radius 3 is 2.38 bits per heavy atom. The normalized spacial score (nSPS) is 10.1. The van der Waals surface area contributed by atoms with Crippen LogP contribution in [-0.2, 0) is 9.59 Å². The van der Waals surface area contributed by atoms with E-state index in [4.69, 9.17) is 4.74 Å². The fraction of sp³-hybridized carbons (Fsp3) is 0.263. The third-order valence-electron chi connectivity index (χ3n) is 3.49. The summed E-state index contributed by atoms with van der Waals surface area (Å²) in [7, 11) is 0. The van der Waals surface area contributed by atoms with E-state index in [2.05, 4.69) is 5.32 Å². The lowest BCUT2D eigenvalue weighted by Gasteiger charge is -2.24. The summed E-state index contributed by atoms with van der Waals surface area (Å²) in [5.41, 5.74) is 0.680. The zero-order valence-electron chi connectivity index (χ0n) is 14.0. The number of carbonyl (C=O) groups is 2. The van der Waals surface area contributed by atoms with Crippen molar-refractivity contribution in [2.75, 3.05) is 18.0 Å². The molecule has 5 heteroatoms. The number of amides is 2. The molecule has 1 N–H and O–H groups in total. The van der Waals surface area contributed by atoms with Gasteiger partial charge in [0.15, 0.2) is 5.75 Å². The van der Waals surface area contributed by atoms with Gasteiger partial charge in [-0.15, -0.1) is 0 Å². The number of hydrogen-bond acceptors (Lipinski definition) is 3. The molecule has 0 unspecified atom stereocenters. The van der Waals surface area contributed by atoms with E-state index in [1.54, 1.807) is 11.8 Å². The minimum absolute atomic E-state index is 0.0349. The molecule has 2 aromatic rings. The highest BCUT2D eigenvalue weighted by atomic mass is 16.5. The van der Waals surface area contributed by atoms with Crippen LogP contribution in [0.3, 0.4) is 0 Å². The molecule has 0 aliphatic heterocycles. The number of hydrogen-bond donors (Lipinski definition) is 1. The van der Waals surface area contributed by atoms with Crippen LogP contribution in [0.5, 0.6) is 11.5 Å². The van der Waals surface area contributed by atoms with Gasteiger partial charge in [-0.1, -0.05) is 37.3 Å². The molecule has 2 aromatic carbocycles. The topological polar surface area (TPSA) is 58.6 Å². The van der Waals surface area contributed by atoms with Crippen LogP contribution < -0.4 is 15.0 Å². The van der Waals surface area contributed by atoms with Crippen molar-refractivity contribution in [1.29, 1.82) is 0 Å². The van der Waals surface area contributed by atoms with Gasteiger partial charge >= 0.3 is 0 Å². The Kier molecular flexibility index (Phi) is 6.37. The highest BCUT2D eigenvalue weighted by Gasteiger charge is 2.16. The highest BCUT2D eigenvalue weighted by molar-refractivity contribution is 5.93. The zero-order valence-corrected chi connectivity index (χ0v) is 14.0. The smallest absolute Gasteiger partial charge is 0.224 e. The molecule has 5 nitrogen and oxygen atoms in total. The second-order valence-corrected chi connectivity index (χ2v) is 5.26. The van der Waals surface area contributed by atoms with Crippen LogP contribution in [0.15, 0.2) is 54.6 Å². The molecular formula is C19H22N2O3. The molecule has 0 bridgehead atoms. The maximum atomic E-state index is 12.1. The standard InChI is InChI=1S/C19H22N2O3/c1-3-19(23)20-13-14-21(15(2)22)17-11-7-8-12-18(17)24-16-9-5-4-6-10-16/h4-12H,3,13-14H2,1-2H3,(H,20,23). The van der Waals surface area contributed by atoms with Gasteiger partial charge in [-0.3, -0.25) is 9.59 Å². The van der Waals surface area contributed by atoms with E-state index in [1.807, 2.05) is 54.6 Å². The number of carbonyl (C=O) groups excluding carboxylic acids is 2. The van der Waals surface area contributed by atoms with E-state index >= 15 is 0 Å². The lowest BCUT2D eigenvalue weighted by atomic mass is 10.2. The van der Waals surface area contributed by atoms with Crippen molar-refractivity contribution in [2.24, 2.45) is 0 Å². The molecule has 2 amide bonds. The Labute approximate surface area is 142 Å². The lowest BCUT2D eigenvalue weighted by molar-refractivity contribution is -0.121. The van der Waals surface area contributed by atoms with Crippen LogP contribution in [0.2, 0.25) is 0 Å². The Hall–Kier alpha value is -2.82. The van der Waals surface area contributed by atoms with Gasteiger partial charge in [-0.2, -0.15) is 0 Å². The molecule has 0 saturated carbocycles. The van der Waals surface area contributed by atoms with Gasteiger partial charge in [-0.25, -0.2) is 0 Å². The molecule has 0 aliphatic carbocycles. The predicted molar refractivity (Wildman–Crippen MR) is 94.3 cm³/mol. The third-order valence-corrected chi connectivity index (χ3v) is 3.49. The Bertz CT molecular complexity index is 686. The molecule has 0 spiro atoms. The zero-order chi connectivity index (χ0) is 17.4. The van der Waals surface area contributed by atoms with Crippen LogP contribution in [0.1, 0.15) is 20.3 Å². The number of rotatable bonds is 7. The second kappa shape index (κ2) is 8.72. The van der Waals surface area contributed by atoms with Crippen LogP contribution >= 0.6 is 0 Å². The van der Waals surface area contributed by atoms with Crippen molar-refractivity contribution >= 4 is 17.5 Å². The largest absolute Gasteiger partial charge is 0.455 e. The molecule has 0 atom stereocenters. The number of nitrogens with one attached hydrogen (secondary N) is 1. The monoisotopic (exact) mass is 326 g/mol. The quantitative estimate of drug-likeness (QED) is 0.849. The number of ether oxygens (including phenoxy) is 1. The van der Waals surface area contributed by atoms with E-state index in [-0.39, 0.29) is 11.8 Å². The first-order valence-electron chi connectivity index (χ1n) is 7.98. The molecule has 0 saturated heterocycles. The third kappa shape index (κ3) is 4.84. The number of anilines is 1. The highest BCUT2D eigenvalue weighted by Crippen LogP contribution is 2.32. The molecule has 0 aliphatic rings. The van der Waals surface area contributed by atoms with Crippen molar-refractivity contribution in [3.8, 4) is 11.5 Å². The van der Waals surface area contributed by atoms with Crippen LogP contribution in [0, 0.1) is 0 Å². The summed E-state index contributed by atoms with van der Waals surface area (Å²) in [5.74, 6) is 1.16. The summed E-state index contributed by atoms with van der Waals surface area (Å²) >= 11 is 0. The van der Waals surface area contributed by atoms with Crippen molar-refractivity contribution < 1.29 is 14.3 Å². The fourth-order valence-electron chi connectivity index (χ4n) is 2.26. The molecular weight excluding hydrogens is 304 g/mol. The summed E-state index contributed by atoms with van der Waals surface area (Å²) in [6.45, 7) is 4.07. The minimum Gasteiger partial charge on any atom is -0.455 e. The van der Waals surface area contributed by atoms with E-state index in [0.29, 0.717) is 36.7 Å². The van der Waals surface area contributed by atoms with E-state index in [0.717, 1.165) is 0 Å². The van der Waals surface area contributed by atoms with E-state index < -0.39 is 0 Å². The Balaban J connectivity index is 2.17. The summed E-state index contributed by atoms with van der Waals surface area (Å²) in [4.78, 5) is 25.0. The number of benzene rings is 2. The van der Waals surface area contributed by atoms with Crippen LogP contribution in [0.25, 0.3) is 0 Å². The molecule has 0 fully saturated rings. The fourth-order valence-corrected chi connectivity index (χ4v) is 2.26. The second-order valence-electron chi connectivity index (χ2n) is 5.26. The molecule has 24 heavy (non-hydrogen) atoms. The molecule has 0 radical (unpaired) electrons. The predicted octanol–water partition coefficient (Wildman–Crippen LogP) is 3.36.